The Balaban J connectivity index is 2.34. The maximum atomic E-state index is 13.2. The summed E-state index contributed by atoms with van der Waals surface area (Å²) in [5, 5.41) is 4.91. The second-order valence-corrected chi connectivity index (χ2v) is 6.04. The molecular weight excluding hydrogens is 356 g/mol. The van der Waals surface area contributed by atoms with Gasteiger partial charge in [-0.25, -0.2) is 9.97 Å². The van der Waals surface area contributed by atoms with Crippen LogP contribution in [0.5, 0.6) is 0 Å². The topological polar surface area (TPSA) is 66.9 Å². The average Bonchev–Trinajstić information content (AvgIpc) is 2.58. The van der Waals surface area contributed by atoms with Crippen LogP contribution in [0.25, 0.3) is 0 Å². The Kier molecular flexibility index (Phi) is 5.57. The Morgan fingerprint density at radius 2 is 2.13 bits per heavy atom. The van der Waals surface area contributed by atoms with Crippen LogP contribution in [-0.4, -0.2) is 34.6 Å². The molecule has 0 aliphatic carbocycles. The number of nitrogens with zero attached hydrogens (tertiary/aromatic N) is 2. The minimum atomic E-state index is -4.55. The Hall–Kier alpha value is -1.28. The van der Waals surface area contributed by atoms with Crippen LogP contribution in [-0.2, 0) is 4.79 Å². The number of alkyl halides is 3. The van der Waals surface area contributed by atoms with Crippen molar-refractivity contribution in [3.8, 4) is 0 Å². The Morgan fingerprint density at radius 1 is 1.43 bits per heavy atom. The predicted molar refractivity (Wildman–Crippen MR) is 80.8 cm³/mol. The van der Waals surface area contributed by atoms with Gasteiger partial charge in [-0.05, 0) is 36.8 Å². The molecule has 1 aliphatic rings. The zero-order valence-corrected chi connectivity index (χ0v) is 13.7. The maximum Gasteiger partial charge on any atom is 0.408 e. The Bertz CT molecular complexity index is 597. The first-order chi connectivity index (χ1) is 10.7. The molecule has 1 amide bonds. The van der Waals surface area contributed by atoms with Crippen molar-refractivity contribution in [2.24, 2.45) is 0 Å². The summed E-state index contributed by atoms with van der Waals surface area (Å²) in [6.07, 6.45) is -3.77. The van der Waals surface area contributed by atoms with Crippen LogP contribution in [0.15, 0.2) is 0 Å². The molecule has 10 heteroatoms. The van der Waals surface area contributed by atoms with Gasteiger partial charge in [0, 0.05) is 19.0 Å². The molecule has 2 N–H and O–H groups in total. The zero-order chi connectivity index (χ0) is 17.2. The van der Waals surface area contributed by atoms with E-state index in [2.05, 4.69) is 15.3 Å². The second kappa shape index (κ2) is 7.09. The van der Waals surface area contributed by atoms with Gasteiger partial charge in [-0.3, -0.25) is 4.79 Å². The molecule has 0 aromatic carbocycles. The van der Waals surface area contributed by atoms with Gasteiger partial charge in [0.25, 0.3) is 0 Å². The van der Waals surface area contributed by atoms with Gasteiger partial charge >= 0.3 is 6.18 Å². The van der Waals surface area contributed by atoms with E-state index < -0.39 is 24.0 Å². The fourth-order valence-corrected chi connectivity index (χ4v) is 3.19. The fraction of sp³-hybridized carbons (Fsp3) is 0.615. The highest BCUT2D eigenvalue weighted by atomic mass is 35.5. The molecule has 0 fully saturated rings. The molecule has 1 aromatic heterocycles. The van der Waals surface area contributed by atoms with Crippen LogP contribution >= 0.6 is 23.2 Å². The van der Waals surface area contributed by atoms with Crippen molar-refractivity contribution < 1.29 is 18.0 Å². The molecule has 1 aromatic rings. The number of nitrogens with one attached hydrogen (secondary N) is 2. The van der Waals surface area contributed by atoms with Gasteiger partial charge in [0.2, 0.25) is 11.2 Å². The van der Waals surface area contributed by atoms with Crippen molar-refractivity contribution >= 4 is 34.9 Å². The van der Waals surface area contributed by atoms with Gasteiger partial charge in [0.1, 0.15) is 17.0 Å². The number of carbonyl (C=O) groups excluding carboxylic acids is 1. The quantitative estimate of drug-likeness (QED) is 0.630. The summed E-state index contributed by atoms with van der Waals surface area (Å²) in [5.41, 5.74) is 0.410. The number of hydrogen-bond acceptors (Lipinski definition) is 4. The summed E-state index contributed by atoms with van der Waals surface area (Å²) in [7, 11) is 0. The standard InChI is InChI=1S/C13H15Cl2F3N4O/c1-6(23)20-8(13(16,17)18)5-7-3-2-4-19-11-9(7)10(14)21-12(15)22-11/h7-8H,2-5H2,1H3,(H,20,23)(H,19,21,22). The third-order valence-electron chi connectivity index (χ3n) is 3.59. The molecular formula is C13H15Cl2F3N4O. The van der Waals surface area contributed by atoms with Crippen molar-refractivity contribution in [1.29, 1.82) is 0 Å². The smallest absolute Gasteiger partial charge is 0.370 e. The van der Waals surface area contributed by atoms with Crippen LogP contribution in [0.2, 0.25) is 10.4 Å². The Labute approximate surface area is 141 Å². The van der Waals surface area contributed by atoms with Crippen LogP contribution in [0.1, 0.15) is 37.7 Å². The average molecular weight is 371 g/mol. The lowest BCUT2D eigenvalue weighted by molar-refractivity contribution is -0.163. The Morgan fingerprint density at radius 3 is 2.74 bits per heavy atom. The molecule has 23 heavy (non-hydrogen) atoms. The van der Waals surface area contributed by atoms with E-state index in [-0.39, 0.29) is 16.9 Å². The van der Waals surface area contributed by atoms with Crippen molar-refractivity contribution in [2.75, 3.05) is 11.9 Å². The molecule has 5 nitrogen and oxygen atoms in total. The maximum absolute atomic E-state index is 13.2. The number of carbonyl (C=O) groups is 1. The molecule has 0 spiro atoms. The van der Waals surface area contributed by atoms with Gasteiger partial charge in [0.15, 0.2) is 0 Å². The number of amides is 1. The van der Waals surface area contributed by atoms with Crippen molar-refractivity contribution in [1.82, 2.24) is 15.3 Å². The predicted octanol–water partition coefficient (Wildman–Crippen LogP) is 3.53. The van der Waals surface area contributed by atoms with Gasteiger partial charge < -0.3 is 10.6 Å². The summed E-state index contributed by atoms with van der Waals surface area (Å²) < 4.78 is 39.5. The summed E-state index contributed by atoms with van der Waals surface area (Å²) in [5.74, 6) is -0.928. The fourth-order valence-electron chi connectivity index (χ4n) is 2.65. The number of halogens is 5. The van der Waals surface area contributed by atoms with Crippen molar-refractivity contribution in [3.05, 3.63) is 16.0 Å². The molecule has 2 rings (SSSR count). The SMILES string of the molecule is CC(=O)NC(CC1CCCNc2nc(Cl)nc(Cl)c21)C(F)(F)F. The lowest BCUT2D eigenvalue weighted by Gasteiger charge is -2.26. The molecule has 0 bridgehead atoms. The number of fused-ring (bicyclic) bond motifs is 1. The normalized spacial score (nSPS) is 19.3. The first-order valence-electron chi connectivity index (χ1n) is 6.99. The molecule has 2 atom stereocenters. The third-order valence-corrected chi connectivity index (χ3v) is 4.05. The summed E-state index contributed by atoms with van der Waals surface area (Å²) in [6, 6.07) is -1.96. The number of aromatic nitrogens is 2. The number of anilines is 1. The van der Waals surface area contributed by atoms with Gasteiger partial charge in [-0.15, -0.1) is 0 Å². The largest absolute Gasteiger partial charge is 0.408 e. The van der Waals surface area contributed by atoms with Crippen LogP contribution in [0.3, 0.4) is 0 Å². The van der Waals surface area contributed by atoms with E-state index in [0.717, 1.165) is 6.92 Å². The third kappa shape index (κ3) is 4.60. The molecule has 1 aliphatic heterocycles. The minimum absolute atomic E-state index is 0.0307. The summed E-state index contributed by atoms with van der Waals surface area (Å²) >= 11 is 11.8. The summed E-state index contributed by atoms with van der Waals surface area (Å²) in [4.78, 5) is 18.9. The van der Waals surface area contributed by atoms with E-state index in [9.17, 15) is 18.0 Å². The molecule has 2 heterocycles. The van der Waals surface area contributed by atoms with Gasteiger partial charge in [-0.2, -0.15) is 13.2 Å². The van der Waals surface area contributed by atoms with Gasteiger partial charge in [-0.1, -0.05) is 11.6 Å². The van der Waals surface area contributed by atoms with Crippen molar-refractivity contribution in [3.63, 3.8) is 0 Å². The molecule has 0 saturated heterocycles. The van der Waals surface area contributed by atoms with E-state index in [1.165, 1.54) is 0 Å². The lowest BCUT2D eigenvalue weighted by atomic mass is 9.89. The minimum Gasteiger partial charge on any atom is -0.370 e. The molecule has 2 unspecified atom stereocenters. The lowest BCUT2D eigenvalue weighted by Crippen LogP contribution is -2.45. The van der Waals surface area contributed by atoms with Gasteiger partial charge in [0.05, 0.1) is 0 Å². The van der Waals surface area contributed by atoms with E-state index >= 15 is 0 Å². The molecule has 0 radical (unpaired) electrons. The van der Waals surface area contributed by atoms with Crippen LogP contribution in [0, 0.1) is 0 Å². The number of rotatable bonds is 3. The number of hydrogen-bond donors (Lipinski definition) is 2. The zero-order valence-electron chi connectivity index (χ0n) is 12.2. The second-order valence-electron chi connectivity index (χ2n) is 5.34. The van der Waals surface area contributed by atoms with Crippen molar-refractivity contribution in [2.45, 2.75) is 44.3 Å². The highest BCUT2D eigenvalue weighted by Gasteiger charge is 2.42. The van der Waals surface area contributed by atoms with E-state index in [1.54, 1.807) is 0 Å². The summed E-state index contributed by atoms with van der Waals surface area (Å²) in [6.45, 7) is 1.60. The highest BCUT2D eigenvalue weighted by molar-refractivity contribution is 6.32. The van der Waals surface area contributed by atoms with E-state index in [4.69, 9.17) is 23.2 Å². The van der Waals surface area contributed by atoms with Crippen LogP contribution < -0.4 is 10.6 Å². The molecule has 0 saturated carbocycles. The molecule has 128 valence electrons. The first kappa shape index (κ1) is 18.1. The first-order valence-corrected chi connectivity index (χ1v) is 7.74. The van der Waals surface area contributed by atoms with E-state index in [1.807, 2.05) is 5.32 Å². The van der Waals surface area contributed by atoms with E-state index in [0.29, 0.717) is 30.8 Å². The highest BCUT2D eigenvalue weighted by Crippen LogP contribution is 2.40. The van der Waals surface area contributed by atoms with Crippen LogP contribution in [0.4, 0.5) is 19.0 Å². The monoisotopic (exact) mass is 370 g/mol.